The minimum atomic E-state index is 0.495. The lowest BCUT2D eigenvalue weighted by atomic mass is 10.0. The van der Waals surface area contributed by atoms with Crippen molar-refractivity contribution < 1.29 is 0 Å². The third-order valence-electron chi connectivity index (χ3n) is 3.20. The first-order valence-corrected chi connectivity index (χ1v) is 6.89. The van der Waals surface area contributed by atoms with Crippen molar-refractivity contribution in [3.05, 3.63) is 60.2 Å². The third-order valence-corrected chi connectivity index (χ3v) is 3.20. The summed E-state index contributed by atoms with van der Waals surface area (Å²) in [6, 6.07) is 8.77. The van der Waals surface area contributed by atoms with Gasteiger partial charge in [-0.2, -0.15) is 0 Å². The molecule has 0 saturated heterocycles. The monoisotopic (exact) mass is 255 g/mol. The third kappa shape index (κ3) is 4.79. The van der Waals surface area contributed by atoms with Crippen LogP contribution in [0.4, 0.5) is 0 Å². The summed E-state index contributed by atoms with van der Waals surface area (Å²) in [6.07, 6.45) is 10.8. The summed E-state index contributed by atoms with van der Waals surface area (Å²) in [5.74, 6) is 0. The molecule has 100 valence electrons. The molecular formula is C16H21N3. The van der Waals surface area contributed by atoms with E-state index in [-0.39, 0.29) is 0 Å². The van der Waals surface area contributed by atoms with Crippen LogP contribution >= 0.6 is 0 Å². The van der Waals surface area contributed by atoms with Gasteiger partial charge < -0.3 is 5.32 Å². The fourth-order valence-electron chi connectivity index (χ4n) is 2.26. The second-order valence-corrected chi connectivity index (χ2v) is 4.72. The number of hydrogen-bond donors (Lipinski definition) is 1. The quantitative estimate of drug-likeness (QED) is 0.826. The molecule has 0 spiro atoms. The smallest absolute Gasteiger partial charge is 0.0300 e. The summed E-state index contributed by atoms with van der Waals surface area (Å²) in [5.41, 5.74) is 2.59. The van der Waals surface area contributed by atoms with Crippen molar-refractivity contribution in [3.63, 3.8) is 0 Å². The Morgan fingerprint density at radius 1 is 1.05 bits per heavy atom. The zero-order valence-corrected chi connectivity index (χ0v) is 11.4. The molecule has 0 aliphatic rings. The van der Waals surface area contributed by atoms with Gasteiger partial charge in [0.1, 0.15) is 0 Å². The molecule has 3 heteroatoms. The second-order valence-electron chi connectivity index (χ2n) is 4.72. The Labute approximate surface area is 115 Å². The molecule has 2 aromatic rings. The van der Waals surface area contributed by atoms with E-state index in [0.29, 0.717) is 6.04 Å². The molecule has 2 rings (SSSR count). The minimum Gasteiger partial charge on any atom is -0.314 e. The van der Waals surface area contributed by atoms with Crippen LogP contribution in [0.25, 0.3) is 0 Å². The van der Waals surface area contributed by atoms with Crippen molar-refractivity contribution in [2.45, 2.75) is 32.2 Å². The summed E-state index contributed by atoms with van der Waals surface area (Å²) in [5, 5.41) is 3.55. The van der Waals surface area contributed by atoms with Gasteiger partial charge in [-0.1, -0.05) is 19.1 Å². The first-order chi connectivity index (χ1) is 9.38. The van der Waals surface area contributed by atoms with Crippen LogP contribution in [-0.2, 0) is 12.8 Å². The van der Waals surface area contributed by atoms with E-state index in [1.54, 1.807) is 0 Å². The lowest BCUT2D eigenvalue weighted by Gasteiger charge is -2.17. The van der Waals surface area contributed by atoms with E-state index < -0.39 is 0 Å². The Bertz CT molecular complexity index is 456. The molecule has 2 aromatic heterocycles. The lowest BCUT2D eigenvalue weighted by Crippen LogP contribution is -2.31. The van der Waals surface area contributed by atoms with Crippen LogP contribution in [-0.4, -0.2) is 22.6 Å². The lowest BCUT2D eigenvalue weighted by molar-refractivity contribution is 0.490. The molecule has 1 unspecified atom stereocenters. The van der Waals surface area contributed by atoms with Crippen molar-refractivity contribution in [1.82, 2.24) is 15.3 Å². The summed E-state index contributed by atoms with van der Waals surface area (Å²) < 4.78 is 0. The van der Waals surface area contributed by atoms with E-state index in [9.17, 15) is 0 Å². The molecule has 0 aliphatic heterocycles. The first kappa shape index (κ1) is 13.7. The van der Waals surface area contributed by atoms with E-state index in [4.69, 9.17) is 0 Å². The SMILES string of the molecule is CCNC(CCc1cccnc1)Cc1cccnc1. The van der Waals surface area contributed by atoms with Crippen LogP contribution in [0.1, 0.15) is 24.5 Å². The van der Waals surface area contributed by atoms with Crippen molar-refractivity contribution in [2.75, 3.05) is 6.54 Å². The Morgan fingerprint density at radius 2 is 1.74 bits per heavy atom. The first-order valence-electron chi connectivity index (χ1n) is 6.89. The van der Waals surface area contributed by atoms with E-state index in [1.165, 1.54) is 11.1 Å². The molecule has 0 saturated carbocycles. The average molecular weight is 255 g/mol. The summed E-state index contributed by atoms with van der Waals surface area (Å²) in [6.45, 7) is 3.15. The highest BCUT2D eigenvalue weighted by molar-refractivity contribution is 5.12. The van der Waals surface area contributed by atoms with Crippen molar-refractivity contribution in [3.8, 4) is 0 Å². The van der Waals surface area contributed by atoms with E-state index in [2.05, 4.69) is 34.3 Å². The molecular weight excluding hydrogens is 234 g/mol. The van der Waals surface area contributed by atoms with Crippen molar-refractivity contribution in [2.24, 2.45) is 0 Å². The van der Waals surface area contributed by atoms with E-state index in [1.807, 2.05) is 36.9 Å². The van der Waals surface area contributed by atoms with Gasteiger partial charge in [-0.05, 0) is 49.1 Å². The van der Waals surface area contributed by atoms with Crippen LogP contribution in [0.15, 0.2) is 49.1 Å². The molecule has 0 aliphatic carbocycles. The molecule has 19 heavy (non-hydrogen) atoms. The van der Waals surface area contributed by atoms with Gasteiger partial charge in [-0.3, -0.25) is 9.97 Å². The molecule has 1 atom stereocenters. The van der Waals surface area contributed by atoms with Crippen LogP contribution in [0.5, 0.6) is 0 Å². The number of rotatable bonds is 7. The van der Waals surface area contributed by atoms with Crippen LogP contribution in [0.2, 0.25) is 0 Å². The zero-order valence-electron chi connectivity index (χ0n) is 11.4. The van der Waals surface area contributed by atoms with E-state index >= 15 is 0 Å². The number of hydrogen-bond acceptors (Lipinski definition) is 3. The number of likely N-dealkylation sites (N-methyl/N-ethyl adjacent to an activating group) is 1. The molecule has 3 nitrogen and oxygen atoms in total. The molecule has 2 heterocycles. The number of nitrogens with zero attached hydrogens (tertiary/aromatic N) is 2. The van der Waals surface area contributed by atoms with Gasteiger partial charge in [-0.15, -0.1) is 0 Å². The van der Waals surface area contributed by atoms with Crippen molar-refractivity contribution >= 4 is 0 Å². The van der Waals surface area contributed by atoms with Crippen molar-refractivity contribution in [1.29, 1.82) is 0 Å². The predicted molar refractivity (Wildman–Crippen MR) is 78.0 cm³/mol. The summed E-state index contributed by atoms with van der Waals surface area (Å²) in [4.78, 5) is 8.34. The highest BCUT2D eigenvalue weighted by Crippen LogP contribution is 2.08. The normalized spacial score (nSPS) is 12.3. The molecule has 0 amide bonds. The number of pyridine rings is 2. The highest BCUT2D eigenvalue weighted by Gasteiger charge is 2.08. The summed E-state index contributed by atoms with van der Waals surface area (Å²) >= 11 is 0. The molecule has 1 N–H and O–H groups in total. The maximum Gasteiger partial charge on any atom is 0.0300 e. The van der Waals surface area contributed by atoms with Gasteiger partial charge >= 0.3 is 0 Å². The van der Waals surface area contributed by atoms with Gasteiger partial charge in [0.05, 0.1) is 0 Å². The number of aryl methyl sites for hydroxylation is 1. The largest absolute Gasteiger partial charge is 0.314 e. The maximum atomic E-state index is 4.18. The Balaban J connectivity index is 1.89. The number of aromatic nitrogens is 2. The van der Waals surface area contributed by atoms with Crippen LogP contribution in [0.3, 0.4) is 0 Å². The van der Waals surface area contributed by atoms with Gasteiger partial charge in [-0.25, -0.2) is 0 Å². The predicted octanol–water partition coefficient (Wildman–Crippen LogP) is 2.63. The minimum absolute atomic E-state index is 0.495. The van der Waals surface area contributed by atoms with Gasteiger partial charge in [0.25, 0.3) is 0 Å². The second kappa shape index (κ2) is 7.64. The molecule has 0 radical (unpaired) electrons. The fourth-order valence-corrected chi connectivity index (χ4v) is 2.26. The summed E-state index contributed by atoms with van der Waals surface area (Å²) in [7, 11) is 0. The van der Waals surface area contributed by atoms with Gasteiger partial charge in [0, 0.05) is 30.8 Å². The van der Waals surface area contributed by atoms with Crippen LogP contribution in [0, 0.1) is 0 Å². The Morgan fingerprint density at radius 3 is 2.32 bits per heavy atom. The fraction of sp³-hybridized carbons (Fsp3) is 0.375. The highest BCUT2D eigenvalue weighted by atomic mass is 14.9. The van der Waals surface area contributed by atoms with Gasteiger partial charge in [0.2, 0.25) is 0 Å². The number of nitrogens with one attached hydrogen (secondary N) is 1. The standard InChI is InChI=1S/C16H21N3/c1-2-19-16(11-15-6-4-10-18-13-15)8-7-14-5-3-9-17-12-14/h3-6,9-10,12-13,16,19H,2,7-8,11H2,1H3. The topological polar surface area (TPSA) is 37.8 Å². The molecule has 0 aromatic carbocycles. The Hall–Kier alpha value is -1.74. The van der Waals surface area contributed by atoms with E-state index in [0.717, 1.165) is 25.8 Å². The Kier molecular flexibility index (Phi) is 5.50. The average Bonchev–Trinajstić information content (AvgIpc) is 2.47. The van der Waals surface area contributed by atoms with Gasteiger partial charge in [0.15, 0.2) is 0 Å². The maximum absolute atomic E-state index is 4.18. The molecule has 0 bridgehead atoms. The van der Waals surface area contributed by atoms with Crippen LogP contribution < -0.4 is 5.32 Å². The zero-order chi connectivity index (χ0) is 13.3. The molecule has 0 fully saturated rings.